The molecule has 0 bridgehead atoms. The summed E-state index contributed by atoms with van der Waals surface area (Å²) < 4.78 is 0. The fraction of sp³-hybridized carbons (Fsp3) is 0.111. The Morgan fingerprint density at radius 2 is 1.61 bits per heavy atom. The number of Topliss-reactive ketones (excluding diaryl/α,β-unsaturated/α-hetero) is 1. The SMILES string of the molecule is Cc1ccc(/C(O)=C2\C(=O)C(=O)N(c3nc4ccc(C(=O)O)cc4[nH]3)C2c2ccc(O)cc2)cc1C. The van der Waals surface area contributed by atoms with Gasteiger partial charge in [-0.2, -0.15) is 0 Å². The zero-order valence-corrected chi connectivity index (χ0v) is 19.3. The number of amides is 1. The van der Waals surface area contributed by atoms with Gasteiger partial charge in [0.1, 0.15) is 11.5 Å². The zero-order chi connectivity index (χ0) is 25.7. The van der Waals surface area contributed by atoms with E-state index < -0.39 is 23.7 Å². The van der Waals surface area contributed by atoms with Crippen molar-refractivity contribution >= 4 is 40.4 Å². The number of ketones is 1. The molecule has 5 rings (SSSR count). The van der Waals surface area contributed by atoms with Gasteiger partial charge < -0.3 is 20.3 Å². The molecule has 1 atom stereocenters. The molecule has 0 aliphatic carbocycles. The number of nitrogens with zero attached hydrogens (tertiary/aromatic N) is 2. The van der Waals surface area contributed by atoms with Crippen molar-refractivity contribution < 1.29 is 29.7 Å². The summed E-state index contributed by atoms with van der Waals surface area (Å²) in [5.74, 6) is -3.24. The van der Waals surface area contributed by atoms with Crippen LogP contribution in [0.3, 0.4) is 0 Å². The topological polar surface area (TPSA) is 144 Å². The molecule has 180 valence electrons. The van der Waals surface area contributed by atoms with Crippen LogP contribution in [0.5, 0.6) is 5.75 Å². The molecule has 1 unspecified atom stereocenters. The van der Waals surface area contributed by atoms with Crippen molar-refractivity contribution in [3.8, 4) is 5.75 Å². The molecular formula is C27H21N3O6. The molecule has 1 saturated heterocycles. The monoisotopic (exact) mass is 483 g/mol. The summed E-state index contributed by atoms with van der Waals surface area (Å²) in [7, 11) is 0. The van der Waals surface area contributed by atoms with Gasteiger partial charge in [-0.05, 0) is 66.9 Å². The first kappa shape index (κ1) is 22.9. The molecule has 0 saturated carbocycles. The minimum absolute atomic E-state index is 0.00482. The molecule has 0 spiro atoms. The number of carboxylic acids is 1. The van der Waals surface area contributed by atoms with E-state index in [1.165, 1.54) is 30.3 Å². The number of phenolic OH excluding ortho intramolecular Hbond substituents is 1. The van der Waals surface area contributed by atoms with Crippen LogP contribution in [0.25, 0.3) is 16.8 Å². The number of imidazole rings is 1. The summed E-state index contributed by atoms with van der Waals surface area (Å²) in [5, 5.41) is 30.3. The molecule has 0 radical (unpaired) electrons. The normalized spacial score (nSPS) is 17.2. The number of aryl methyl sites for hydroxylation is 2. The molecule has 3 aromatic carbocycles. The van der Waals surface area contributed by atoms with Crippen molar-refractivity contribution in [3.63, 3.8) is 0 Å². The molecule has 4 aromatic rings. The lowest BCUT2D eigenvalue weighted by Gasteiger charge is -2.23. The van der Waals surface area contributed by atoms with Gasteiger partial charge in [0, 0.05) is 5.56 Å². The molecule has 9 nitrogen and oxygen atoms in total. The molecule has 4 N–H and O–H groups in total. The third-order valence-corrected chi connectivity index (χ3v) is 6.38. The number of H-pyrrole nitrogens is 1. The first-order valence-corrected chi connectivity index (χ1v) is 11.1. The van der Waals surface area contributed by atoms with Crippen LogP contribution in [0.15, 0.2) is 66.2 Å². The fourth-order valence-electron chi connectivity index (χ4n) is 4.31. The number of aromatic nitrogens is 2. The summed E-state index contributed by atoms with van der Waals surface area (Å²) in [6, 6.07) is 14.4. The van der Waals surface area contributed by atoms with Crippen LogP contribution in [0, 0.1) is 13.8 Å². The maximum atomic E-state index is 13.3. The predicted molar refractivity (Wildman–Crippen MR) is 132 cm³/mol. The van der Waals surface area contributed by atoms with Crippen molar-refractivity contribution in [2.75, 3.05) is 4.90 Å². The van der Waals surface area contributed by atoms with E-state index in [1.54, 1.807) is 24.3 Å². The van der Waals surface area contributed by atoms with Gasteiger partial charge in [0.25, 0.3) is 5.78 Å². The summed E-state index contributed by atoms with van der Waals surface area (Å²) in [4.78, 5) is 46.4. The molecular weight excluding hydrogens is 462 g/mol. The summed E-state index contributed by atoms with van der Waals surface area (Å²) in [6.07, 6.45) is 0. The maximum Gasteiger partial charge on any atom is 0.335 e. The summed E-state index contributed by atoms with van der Waals surface area (Å²) in [5.41, 5.74) is 3.43. The number of fused-ring (bicyclic) bond motifs is 1. The van der Waals surface area contributed by atoms with E-state index in [0.717, 1.165) is 16.0 Å². The maximum absolute atomic E-state index is 13.3. The van der Waals surface area contributed by atoms with Gasteiger partial charge in [0.05, 0.1) is 28.2 Å². The zero-order valence-electron chi connectivity index (χ0n) is 19.3. The van der Waals surface area contributed by atoms with E-state index in [4.69, 9.17) is 0 Å². The number of carboxylic acid groups (broad SMARTS) is 1. The molecule has 1 amide bonds. The second kappa shape index (κ2) is 8.38. The number of aliphatic hydroxyl groups excluding tert-OH is 1. The number of aliphatic hydroxyl groups is 1. The van der Waals surface area contributed by atoms with E-state index in [9.17, 15) is 29.7 Å². The average Bonchev–Trinajstić information content (AvgIpc) is 3.38. The van der Waals surface area contributed by atoms with Crippen molar-refractivity contribution in [3.05, 3.63) is 94.1 Å². The highest BCUT2D eigenvalue weighted by atomic mass is 16.4. The number of aromatic carboxylic acids is 1. The lowest BCUT2D eigenvalue weighted by Crippen LogP contribution is -2.30. The highest BCUT2D eigenvalue weighted by molar-refractivity contribution is 6.51. The van der Waals surface area contributed by atoms with Crippen molar-refractivity contribution in [2.45, 2.75) is 19.9 Å². The van der Waals surface area contributed by atoms with Gasteiger partial charge >= 0.3 is 11.9 Å². The van der Waals surface area contributed by atoms with Gasteiger partial charge in [-0.15, -0.1) is 0 Å². The second-order valence-electron chi connectivity index (χ2n) is 8.66. The Labute approximate surface area is 205 Å². The molecule has 1 aliphatic heterocycles. The number of anilines is 1. The highest BCUT2D eigenvalue weighted by Gasteiger charge is 2.48. The summed E-state index contributed by atoms with van der Waals surface area (Å²) >= 11 is 0. The molecule has 9 heteroatoms. The van der Waals surface area contributed by atoms with Crippen LogP contribution in [-0.4, -0.2) is 42.9 Å². The smallest absolute Gasteiger partial charge is 0.335 e. The quantitative estimate of drug-likeness (QED) is 0.193. The predicted octanol–water partition coefficient (Wildman–Crippen LogP) is 4.21. The Morgan fingerprint density at radius 3 is 2.28 bits per heavy atom. The van der Waals surface area contributed by atoms with Crippen LogP contribution in [0.4, 0.5) is 5.95 Å². The number of hydrogen-bond acceptors (Lipinski definition) is 6. The minimum atomic E-state index is -1.12. The first-order chi connectivity index (χ1) is 17.2. The number of hydrogen-bond donors (Lipinski definition) is 4. The third kappa shape index (κ3) is 3.67. The largest absolute Gasteiger partial charge is 0.508 e. The standard InChI is InChI=1S/C27H21N3O6/c1-13-3-4-16(11-14(13)2)23(32)21-22(15-5-8-18(31)9-6-15)30(25(34)24(21)33)27-28-19-10-7-17(26(35)36)12-20(19)29-27/h3-12,22,31-32H,1-2H3,(H,28,29)(H,35,36)/b23-21+. The Morgan fingerprint density at radius 1 is 0.917 bits per heavy atom. The van der Waals surface area contributed by atoms with Crippen molar-refractivity contribution in [1.82, 2.24) is 9.97 Å². The first-order valence-electron chi connectivity index (χ1n) is 11.1. The van der Waals surface area contributed by atoms with Crippen LogP contribution in [0.1, 0.15) is 38.7 Å². The number of carbonyl (C=O) groups excluding carboxylic acids is 2. The van der Waals surface area contributed by atoms with E-state index in [0.29, 0.717) is 22.2 Å². The Bertz CT molecular complexity index is 1600. The van der Waals surface area contributed by atoms with Crippen LogP contribution >= 0.6 is 0 Å². The Balaban J connectivity index is 1.72. The molecule has 1 aliphatic rings. The fourth-order valence-corrected chi connectivity index (χ4v) is 4.31. The molecule has 1 aromatic heterocycles. The number of benzene rings is 3. The number of aromatic hydroxyl groups is 1. The lowest BCUT2D eigenvalue weighted by molar-refractivity contribution is -0.132. The van der Waals surface area contributed by atoms with Crippen LogP contribution in [0.2, 0.25) is 0 Å². The van der Waals surface area contributed by atoms with Crippen LogP contribution < -0.4 is 4.90 Å². The van der Waals surface area contributed by atoms with Crippen LogP contribution in [-0.2, 0) is 9.59 Å². The Kier molecular flexibility index (Phi) is 5.32. The number of nitrogens with one attached hydrogen (secondary N) is 1. The number of carbonyl (C=O) groups is 3. The summed E-state index contributed by atoms with van der Waals surface area (Å²) in [6.45, 7) is 3.80. The third-order valence-electron chi connectivity index (χ3n) is 6.38. The Hall–Kier alpha value is -4.92. The number of phenols is 1. The number of rotatable bonds is 4. The van der Waals surface area contributed by atoms with Crippen molar-refractivity contribution in [2.24, 2.45) is 0 Å². The molecule has 2 heterocycles. The van der Waals surface area contributed by atoms with Crippen molar-refractivity contribution in [1.29, 1.82) is 0 Å². The van der Waals surface area contributed by atoms with E-state index in [2.05, 4.69) is 9.97 Å². The average molecular weight is 483 g/mol. The molecule has 36 heavy (non-hydrogen) atoms. The second-order valence-corrected chi connectivity index (χ2v) is 8.66. The van der Waals surface area contributed by atoms with E-state index in [-0.39, 0.29) is 28.6 Å². The number of aromatic amines is 1. The van der Waals surface area contributed by atoms with E-state index >= 15 is 0 Å². The van der Waals surface area contributed by atoms with Gasteiger partial charge in [0.15, 0.2) is 0 Å². The minimum Gasteiger partial charge on any atom is -0.508 e. The van der Waals surface area contributed by atoms with Gasteiger partial charge in [-0.1, -0.05) is 24.3 Å². The lowest BCUT2D eigenvalue weighted by atomic mass is 9.94. The van der Waals surface area contributed by atoms with Gasteiger partial charge in [0.2, 0.25) is 5.95 Å². The van der Waals surface area contributed by atoms with Gasteiger partial charge in [-0.25, -0.2) is 9.78 Å². The molecule has 1 fully saturated rings. The van der Waals surface area contributed by atoms with E-state index in [1.807, 2.05) is 19.9 Å². The highest BCUT2D eigenvalue weighted by Crippen LogP contribution is 2.42. The van der Waals surface area contributed by atoms with Gasteiger partial charge in [-0.3, -0.25) is 14.5 Å².